The summed E-state index contributed by atoms with van der Waals surface area (Å²) in [6.45, 7) is 0.817. The molecule has 4 rings (SSSR count). The smallest absolute Gasteiger partial charge is 0.175 e. The predicted molar refractivity (Wildman–Crippen MR) is 91.9 cm³/mol. The number of nitrogens with zero attached hydrogens (tertiary/aromatic N) is 4. The molecule has 2 aliphatic rings. The maximum atomic E-state index is 12.7. The highest BCUT2D eigenvalue weighted by molar-refractivity contribution is 6.22. The normalized spacial score (nSPS) is 19.2. The van der Waals surface area contributed by atoms with Gasteiger partial charge >= 0.3 is 0 Å². The molecule has 1 aromatic heterocycles. The molecule has 0 N–H and O–H groups in total. The Balaban J connectivity index is 1.73. The van der Waals surface area contributed by atoms with E-state index in [1.807, 2.05) is 14.1 Å². The lowest BCUT2D eigenvalue weighted by molar-refractivity contribution is 0.0954. The number of carbonyl (C=O) groups is 1. The summed E-state index contributed by atoms with van der Waals surface area (Å²) in [6, 6.07) is 10.1. The fourth-order valence-electron chi connectivity index (χ4n) is 3.26. The molecule has 1 saturated heterocycles. The van der Waals surface area contributed by atoms with Crippen molar-refractivity contribution in [3.05, 3.63) is 48.3 Å². The number of aliphatic imine (C=N–C) groups is 1. The minimum atomic E-state index is -0.126. The molecular formula is C18H18N4O. The van der Waals surface area contributed by atoms with E-state index in [2.05, 4.69) is 39.0 Å². The molecule has 2 aromatic rings. The summed E-state index contributed by atoms with van der Waals surface area (Å²) >= 11 is 0. The van der Waals surface area contributed by atoms with Crippen molar-refractivity contribution in [3.8, 4) is 0 Å². The number of anilines is 2. The minimum Gasteiger partial charge on any atom is -0.378 e. The number of Topliss-reactive ketones (excluding diaryl/α,β-unsaturated/α-hetero) is 1. The second kappa shape index (κ2) is 5.19. The molecule has 5 heteroatoms. The average molecular weight is 306 g/mol. The number of aromatic nitrogens is 1. The van der Waals surface area contributed by atoms with Crippen molar-refractivity contribution in [2.24, 2.45) is 10.9 Å². The van der Waals surface area contributed by atoms with E-state index in [1.54, 1.807) is 18.5 Å². The Bertz CT molecular complexity index is 795. The van der Waals surface area contributed by atoms with Gasteiger partial charge in [0.1, 0.15) is 5.84 Å². The van der Waals surface area contributed by atoms with Gasteiger partial charge in [-0.2, -0.15) is 0 Å². The van der Waals surface area contributed by atoms with Gasteiger partial charge in [0.2, 0.25) is 0 Å². The van der Waals surface area contributed by atoms with E-state index in [4.69, 9.17) is 4.99 Å². The van der Waals surface area contributed by atoms with Crippen LogP contribution in [0.2, 0.25) is 0 Å². The van der Waals surface area contributed by atoms with Crippen molar-refractivity contribution in [2.75, 3.05) is 30.4 Å². The molecule has 0 saturated carbocycles. The van der Waals surface area contributed by atoms with Crippen LogP contribution in [0.1, 0.15) is 16.8 Å². The number of benzene rings is 1. The first-order valence-electron chi connectivity index (χ1n) is 7.77. The van der Waals surface area contributed by atoms with Crippen molar-refractivity contribution in [1.29, 1.82) is 0 Å². The van der Waals surface area contributed by atoms with Gasteiger partial charge in [-0.15, -0.1) is 0 Å². The molecule has 1 aromatic carbocycles. The van der Waals surface area contributed by atoms with Crippen molar-refractivity contribution >= 4 is 28.7 Å². The van der Waals surface area contributed by atoms with Gasteiger partial charge in [0.25, 0.3) is 0 Å². The summed E-state index contributed by atoms with van der Waals surface area (Å²) in [6.07, 6.45) is 4.14. The Hall–Kier alpha value is -2.69. The van der Waals surface area contributed by atoms with Crippen molar-refractivity contribution in [1.82, 2.24) is 4.98 Å². The number of hydrogen-bond acceptors (Lipinski definition) is 5. The summed E-state index contributed by atoms with van der Waals surface area (Å²) in [5, 5.41) is 0. The number of pyridine rings is 1. The third-order valence-corrected chi connectivity index (χ3v) is 4.52. The number of rotatable bonds is 2. The first kappa shape index (κ1) is 13.9. The molecule has 5 nitrogen and oxygen atoms in total. The average Bonchev–Trinajstić information content (AvgIpc) is 2.99. The van der Waals surface area contributed by atoms with Crippen LogP contribution < -0.4 is 9.80 Å². The summed E-state index contributed by atoms with van der Waals surface area (Å²) in [5.74, 6) is 0.895. The monoisotopic (exact) mass is 306 g/mol. The lowest BCUT2D eigenvalue weighted by Gasteiger charge is -2.24. The molecule has 2 aliphatic heterocycles. The molecule has 0 aliphatic carbocycles. The van der Waals surface area contributed by atoms with Gasteiger partial charge in [0.15, 0.2) is 5.78 Å². The molecule has 0 amide bonds. The second-order valence-electron chi connectivity index (χ2n) is 6.13. The quantitative estimate of drug-likeness (QED) is 0.856. The summed E-state index contributed by atoms with van der Waals surface area (Å²) in [4.78, 5) is 25.7. The fraction of sp³-hybridized carbons (Fsp3) is 0.278. The first-order valence-corrected chi connectivity index (χ1v) is 7.77. The highest BCUT2D eigenvalue weighted by Crippen LogP contribution is 2.36. The van der Waals surface area contributed by atoms with Gasteiger partial charge in [-0.05, 0) is 36.8 Å². The molecule has 1 fully saturated rings. The van der Waals surface area contributed by atoms with Crippen LogP contribution in [0.25, 0.3) is 0 Å². The molecule has 1 atom stereocenters. The maximum absolute atomic E-state index is 12.7. The Morgan fingerprint density at radius 1 is 1.17 bits per heavy atom. The van der Waals surface area contributed by atoms with Gasteiger partial charge in [-0.25, -0.2) is 4.99 Å². The van der Waals surface area contributed by atoms with Gasteiger partial charge < -0.3 is 9.80 Å². The van der Waals surface area contributed by atoms with Crippen LogP contribution in [0.4, 0.5) is 17.1 Å². The largest absolute Gasteiger partial charge is 0.378 e. The molecule has 116 valence electrons. The van der Waals surface area contributed by atoms with E-state index in [9.17, 15) is 4.79 Å². The fourth-order valence-corrected chi connectivity index (χ4v) is 3.26. The van der Waals surface area contributed by atoms with E-state index in [0.29, 0.717) is 11.3 Å². The van der Waals surface area contributed by atoms with E-state index < -0.39 is 0 Å². The van der Waals surface area contributed by atoms with Crippen LogP contribution in [-0.4, -0.2) is 37.2 Å². The standard InChI is InChI=1S/C18H18N4O/c1-21(2)12-3-5-13(6-4-12)22-10-8-15-17(23)14-7-9-19-11-16(14)20-18(15)22/h3-7,9,11,15H,8,10H2,1-2H3. The Labute approximate surface area is 135 Å². The molecule has 23 heavy (non-hydrogen) atoms. The number of carbonyl (C=O) groups excluding carboxylic acids is 1. The van der Waals surface area contributed by atoms with Crippen molar-refractivity contribution < 1.29 is 4.79 Å². The number of fused-ring (bicyclic) bond motifs is 2. The molecule has 1 unspecified atom stereocenters. The lowest BCUT2D eigenvalue weighted by atomic mass is 9.93. The van der Waals surface area contributed by atoms with Crippen LogP contribution >= 0.6 is 0 Å². The highest BCUT2D eigenvalue weighted by Gasteiger charge is 2.39. The van der Waals surface area contributed by atoms with E-state index >= 15 is 0 Å². The molecule has 0 bridgehead atoms. The van der Waals surface area contributed by atoms with E-state index in [-0.39, 0.29) is 11.7 Å². The van der Waals surface area contributed by atoms with E-state index in [0.717, 1.165) is 30.2 Å². The Morgan fingerprint density at radius 2 is 1.96 bits per heavy atom. The van der Waals surface area contributed by atoms with Gasteiger partial charge in [-0.1, -0.05) is 0 Å². The van der Waals surface area contributed by atoms with Crippen LogP contribution in [0.5, 0.6) is 0 Å². The van der Waals surface area contributed by atoms with Crippen LogP contribution in [0, 0.1) is 5.92 Å². The Kier molecular flexibility index (Phi) is 3.15. The summed E-state index contributed by atoms with van der Waals surface area (Å²) in [7, 11) is 4.05. The van der Waals surface area contributed by atoms with E-state index in [1.165, 1.54) is 0 Å². The summed E-state index contributed by atoms with van der Waals surface area (Å²) in [5.41, 5.74) is 3.61. The third-order valence-electron chi connectivity index (χ3n) is 4.52. The lowest BCUT2D eigenvalue weighted by Crippen LogP contribution is -2.32. The zero-order valence-corrected chi connectivity index (χ0v) is 13.2. The van der Waals surface area contributed by atoms with Crippen molar-refractivity contribution in [2.45, 2.75) is 6.42 Å². The molecule has 0 spiro atoms. The van der Waals surface area contributed by atoms with Crippen molar-refractivity contribution in [3.63, 3.8) is 0 Å². The highest BCUT2D eigenvalue weighted by atomic mass is 16.1. The number of amidine groups is 1. The molecule has 3 heterocycles. The van der Waals surface area contributed by atoms with Gasteiger partial charge in [0, 0.05) is 43.8 Å². The third kappa shape index (κ3) is 2.20. The van der Waals surface area contributed by atoms with Crippen LogP contribution in [0.3, 0.4) is 0 Å². The second-order valence-corrected chi connectivity index (χ2v) is 6.13. The topological polar surface area (TPSA) is 48.8 Å². The van der Waals surface area contributed by atoms with Gasteiger partial charge in [-0.3, -0.25) is 9.78 Å². The predicted octanol–water partition coefficient (Wildman–Crippen LogP) is 2.90. The Morgan fingerprint density at radius 3 is 2.70 bits per heavy atom. The maximum Gasteiger partial charge on any atom is 0.175 e. The first-order chi connectivity index (χ1) is 11.1. The molecular weight excluding hydrogens is 288 g/mol. The summed E-state index contributed by atoms with van der Waals surface area (Å²) < 4.78 is 0. The SMILES string of the molecule is CN(C)c1ccc(N2CCC3C(=O)c4ccncc4N=C32)cc1. The van der Waals surface area contributed by atoms with Gasteiger partial charge in [0.05, 0.1) is 17.8 Å². The zero-order chi connectivity index (χ0) is 16.0. The minimum absolute atomic E-state index is 0.126. The number of ketones is 1. The number of hydrogen-bond donors (Lipinski definition) is 0. The zero-order valence-electron chi connectivity index (χ0n) is 13.2. The van der Waals surface area contributed by atoms with Crippen LogP contribution in [0.15, 0.2) is 47.7 Å². The van der Waals surface area contributed by atoms with Crippen LogP contribution in [-0.2, 0) is 0 Å². The molecule has 0 radical (unpaired) electrons.